The highest BCUT2D eigenvalue weighted by atomic mass is 16.5. The van der Waals surface area contributed by atoms with Crippen LogP contribution in [0.25, 0.3) is 0 Å². The molecule has 3 heterocycles. The summed E-state index contributed by atoms with van der Waals surface area (Å²) in [6.07, 6.45) is 6.55. The molecule has 3 aliphatic heterocycles. The number of carbonyl (C=O) groups excluding carboxylic acids is 1. The number of aryl methyl sites for hydroxylation is 1. The molecule has 0 unspecified atom stereocenters. The number of ether oxygens (including phenoxy) is 2. The van der Waals surface area contributed by atoms with Gasteiger partial charge in [-0.1, -0.05) is 19.1 Å². The molecule has 1 N–H and O–H groups in total. The molecular formula is C26H39N3O3. The molecule has 32 heavy (non-hydrogen) atoms. The average molecular weight is 442 g/mol. The summed E-state index contributed by atoms with van der Waals surface area (Å²) in [6.45, 7) is 10.5. The summed E-state index contributed by atoms with van der Waals surface area (Å²) in [5.74, 6) is 1.76. The fraction of sp³-hybridized carbons (Fsp3) is 0.731. The van der Waals surface area contributed by atoms with E-state index in [4.69, 9.17) is 9.47 Å². The van der Waals surface area contributed by atoms with E-state index in [1.165, 1.54) is 11.1 Å². The average Bonchev–Trinajstić information content (AvgIpc) is 2.86. The van der Waals surface area contributed by atoms with E-state index in [2.05, 4.69) is 40.2 Å². The Kier molecular flexibility index (Phi) is 6.72. The van der Waals surface area contributed by atoms with Gasteiger partial charge in [-0.15, -0.1) is 0 Å². The largest absolute Gasteiger partial charge is 0.493 e. The van der Waals surface area contributed by atoms with E-state index in [1.807, 2.05) is 0 Å². The fourth-order valence-electron chi connectivity index (χ4n) is 6.52. The molecule has 6 nitrogen and oxygen atoms in total. The van der Waals surface area contributed by atoms with Crippen LogP contribution < -0.4 is 10.1 Å². The molecule has 1 amide bonds. The monoisotopic (exact) mass is 441 g/mol. The standard InChI is InChI=1S/C26H39N3O3/c1-2-28-10-8-22-17-23(29-11-14-31-15-12-29)7-9-26(22,19-28)25(30)27-18-20-5-6-24-21(16-20)4-3-13-32-24/h5-6,16,22-23H,2-4,7-15,17-19H2,1H3,(H,27,30)/t22-,23+,26-/m1/s1. The second-order valence-electron chi connectivity index (χ2n) is 10.2. The SMILES string of the molecule is CCN1CC[C@@H]2C[C@@H](N3CCOCC3)CC[C@@]2(C(=O)NCc2ccc3c(c2)CCCO3)C1. The highest BCUT2D eigenvalue weighted by molar-refractivity contribution is 5.83. The third-order valence-electron chi connectivity index (χ3n) is 8.45. The molecule has 5 rings (SSSR count). The van der Waals surface area contributed by atoms with Gasteiger partial charge in [-0.05, 0) is 74.7 Å². The lowest BCUT2D eigenvalue weighted by Gasteiger charge is -2.53. The van der Waals surface area contributed by atoms with Crippen LogP contribution in [0.3, 0.4) is 0 Å². The van der Waals surface area contributed by atoms with Crippen molar-refractivity contribution in [3.63, 3.8) is 0 Å². The zero-order chi connectivity index (χ0) is 22.0. The fourth-order valence-corrected chi connectivity index (χ4v) is 6.52. The Hall–Kier alpha value is -1.63. The van der Waals surface area contributed by atoms with Gasteiger partial charge in [0.2, 0.25) is 5.91 Å². The summed E-state index contributed by atoms with van der Waals surface area (Å²) in [6, 6.07) is 7.01. The van der Waals surface area contributed by atoms with Crippen molar-refractivity contribution >= 4 is 5.91 Å². The van der Waals surface area contributed by atoms with Gasteiger partial charge in [-0.3, -0.25) is 9.69 Å². The number of nitrogens with one attached hydrogen (secondary N) is 1. The molecule has 1 aliphatic carbocycles. The van der Waals surface area contributed by atoms with Gasteiger partial charge in [-0.25, -0.2) is 0 Å². The maximum absolute atomic E-state index is 13.8. The van der Waals surface area contributed by atoms with E-state index >= 15 is 0 Å². The Morgan fingerprint density at radius 1 is 1.19 bits per heavy atom. The molecule has 4 aliphatic rings. The molecule has 1 aromatic carbocycles. The van der Waals surface area contributed by atoms with Crippen LogP contribution in [0.4, 0.5) is 0 Å². The third-order valence-corrected chi connectivity index (χ3v) is 8.45. The number of rotatable bonds is 5. The number of fused-ring (bicyclic) bond motifs is 2. The topological polar surface area (TPSA) is 54.0 Å². The van der Waals surface area contributed by atoms with Gasteiger partial charge in [0.15, 0.2) is 0 Å². The van der Waals surface area contributed by atoms with E-state index in [1.54, 1.807) is 0 Å². The number of hydrogen-bond donors (Lipinski definition) is 1. The van der Waals surface area contributed by atoms with E-state index in [0.29, 0.717) is 18.5 Å². The van der Waals surface area contributed by atoms with Crippen LogP contribution in [0.1, 0.15) is 50.2 Å². The molecule has 2 saturated heterocycles. The summed E-state index contributed by atoms with van der Waals surface area (Å²) in [4.78, 5) is 18.9. The highest BCUT2D eigenvalue weighted by Gasteiger charge is 2.52. The van der Waals surface area contributed by atoms with Gasteiger partial charge in [0.1, 0.15) is 5.75 Å². The summed E-state index contributed by atoms with van der Waals surface area (Å²) >= 11 is 0. The van der Waals surface area contributed by atoms with Crippen LogP contribution >= 0.6 is 0 Å². The van der Waals surface area contributed by atoms with Crippen molar-refractivity contribution in [1.82, 2.24) is 15.1 Å². The normalized spacial score (nSPS) is 31.3. The first-order valence-corrected chi connectivity index (χ1v) is 12.7. The molecule has 3 atom stereocenters. The maximum atomic E-state index is 13.8. The minimum Gasteiger partial charge on any atom is -0.493 e. The predicted molar refractivity (Wildman–Crippen MR) is 125 cm³/mol. The molecule has 176 valence electrons. The number of hydrogen-bond acceptors (Lipinski definition) is 5. The summed E-state index contributed by atoms with van der Waals surface area (Å²) in [7, 11) is 0. The molecule has 3 fully saturated rings. The van der Waals surface area contributed by atoms with Gasteiger partial charge in [0.25, 0.3) is 0 Å². The zero-order valence-corrected chi connectivity index (χ0v) is 19.6. The highest BCUT2D eigenvalue weighted by Crippen LogP contribution is 2.48. The smallest absolute Gasteiger partial charge is 0.228 e. The van der Waals surface area contributed by atoms with Crippen molar-refractivity contribution in [2.75, 3.05) is 52.5 Å². The second-order valence-corrected chi connectivity index (χ2v) is 10.2. The first-order chi connectivity index (χ1) is 15.7. The third kappa shape index (κ3) is 4.42. The van der Waals surface area contributed by atoms with Crippen molar-refractivity contribution in [2.24, 2.45) is 11.3 Å². The molecular weight excluding hydrogens is 402 g/mol. The maximum Gasteiger partial charge on any atom is 0.228 e. The van der Waals surface area contributed by atoms with Gasteiger partial charge in [0, 0.05) is 32.2 Å². The van der Waals surface area contributed by atoms with Crippen molar-refractivity contribution in [3.05, 3.63) is 29.3 Å². The number of piperidine rings is 1. The summed E-state index contributed by atoms with van der Waals surface area (Å²) < 4.78 is 11.3. The molecule has 0 spiro atoms. The minimum atomic E-state index is -0.242. The summed E-state index contributed by atoms with van der Waals surface area (Å²) in [5, 5.41) is 3.36. The van der Waals surface area contributed by atoms with Crippen LogP contribution in [-0.2, 0) is 22.5 Å². The number of morpholine rings is 1. The molecule has 1 aromatic rings. The first-order valence-electron chi connectivity index (χ1n) is 12.7. The zero-order valence-electron chi connectivity index (χ0n) is 19.6. The molecule has 1 saturated carbocycles. The van der Waals surface area contributed by atoms with Gasteiger partial charge in [0.05, 0.1) is 25.2 Å². The molecule has 6 heteroatoms. The predicted octanol–water partition coefficient (Wildman–Crippen LogP) is 2.84. The summed E-state index contributed by atoms with van der Waals surface area (Å²) in [5.41, 5.74) is 2.22. The van der Waals surface area contributed by atoms with Crippen LogP contribution in [0, 0.1) is 11.3 Å². The number of benzene rings is 1. The Balaban J connectivity index is 1.28. The molecule has 0 aromatic heterocycles. The number of nitrogens with zero attached hydrogens (tertiary/aromatic N) is 2. The van der Waals surface area contributed by atoms with Crippen LogP contribution in [0.5, 0.6) is 5.75 Å². The Morgan fingerprint density at radius 2 is 2.06 bits per heavy atom. The van der Waals surface area contributed by atoms with Crippen LogP contribution in [-0.4, -0.2) is 74.3 Å². The van der Waals surface area contributed by atoms with Crippen molar-refractivity contribution in [1.29, 1.82) is 0 Å². The van der Waals surface area contributed by atoms with Gasteiger partial charge >= 0.3 is 0 Å². The van der Waals surface area contributed by atoms with Gasteiger partial charge < -0.3 is 19.7 Å². The van der Waals surface area contributed by atoms with Crippen molar-refractivity contribution < 1.29 is 14.3 Å². The number of carbonyl (C=O) groups is 1. The van der Waals surface area contributed by atoms with Gasteiger partial charge in [-0.2, -0.15) is 0 Å². The second kappa shape index (κ2) is 9.70. The van der Waals surface area contributed by atoms with Crippen LogP contribution in [0.2, 0.25) is 0 Å². The lowest BCUT2D eigenvalue weighted by Crippen LogP contribution is -2.60. The number of amides is 1. The van der Waals surface area contributed by atoms with E-state index in [9.17, 15) is 4.79 Å². The van der Waals surface area contributed by atoms with E-state index in [0.717, 1.165) is 96.8 Å². The first kappa shape index (κ1) is 22.2. The minimum absolute atomic E-state index is 0.242. The molecule has 0 radical (unpaired) electrons. The van der Waals surface area contributed by atoms with E-state index < -0.39 is 0 Å². The Labute approximate surface area is 192 Å². The molecule has 0 bridgehead atoms. The lowest BCUT2D eigenvalue weighted by molar-refractivity contribution is -0.145. The Bertz CT molecular complexity index is 810. The lowest BCUT2D eigenvalue weighted by atomic mass is 9.61. The quantitative estimate of drug-likeness (QED) is 0.762. The van der Waals surface area contributed by atoms with Crippen molar-refractivity contribution in [2.45, 2.75) is 58.0 Å². The number of likely N-dealkylation sites (tertiary alicyclic amines) is 1. The van der Waals surface area contributed by atoms with Crippen molar-refractivity contribution in [3.8, 4) is 5.75 Å². The van der Waals surface area contributed by atoms with Crippen LogP contribution in [0.15, 0.2) is 18.2 Å². The Morgan fingerprint density at radius 3 is 2.91 bits per heavy atom. The van der Waals surface area contributed by atoms with E-state index in [-0.39, 0.29) is 11.3 Å².